The normalized spacial score (nSPS) is 14.5. The summed E-state index contributed by atoms with van der Waals surface area (Å²) >= 11 is 1.99. The molecular weight excluding hydrogens is 707 g/mol. The van der Waals surface area contributed by atoms with Crippen LogP contribution < -0.4 is 25.5 Å². The predicted molar refractivity (Wildman–Crippen MR) is 249 cm³/mol. The number of fused-ring (bicyclic) bond motifs is 7. The molecule has 57 heavy (non-hydrogen) atoms. The van der Waals surface area contributed by atoms with E-state index in [0.29, 0.717) is 0 Å². The molecule has 284 valence electrons. The molecule has 0 spiro atoms. The van der Waals surface area contributed by atoms with Crippen LogP contribution in [-0.4, -0.2) is 6.71 Å². The van der Waals surface area contributed by atoms with Crippen molar-refractivity contribution in [2.45, 2.75) is 98.3 Å². The first-order valence-electron chi connectivity index (χ1n) is 21.2. The van der Waals surface area contributed by atoms with E-state index in [4.69, 9.17) is 0 Å². The molecule has 1 aliphatic carbocycles. The maximum atomic E-state index is 2.62. The van der Waals surface area contributed by atoms with Crippen molar-refractivity contribution >= 4 is 78.0 Å². The zero-order chi connectivity index (χ0) is 39.4. The van der Waals surface area contributed by atoms with Crippen LogP contribution in [0.15, 0.2) is 115 Å². The van der Waals surface area contributed by atoms with Crippen LogP contribution in [0.1, 0.15) is 95.2 Å². The summed E-state index contributed by atoms with van der Waals surface area (Å²) in [7, 11) is 0. The van der Waals surface area contributed by atoms with Crippen LogP contribution >= 0.6 is 11.3 Å². The number of thiophene rings is 1. The summed E-state index contributed by atoms with van der Waals surface area (Å²) in [6, 6.07) is 45.6. The highest BCUT2D eigenvalue weighted by Crippen LogP contribution is 2.50. The molecule has 0 saturated carbocycles. The van der Waals surface area contributed by atoms with Crippen LogP contribution in [0.2, 0.25) is 0 Å². The molecule has 0 fully saturated rings. The second-order valence-corrected chi connectivity index (χ2v) is 19.8. The summed E-state index contributed by atoms with van der Waals surface area (Å²) in [5, 5.41) is 1.35. The Morgan fingerprint density at radius 2 is 1.26 bits per heavy atom. The quantitative estimate of drug-likeness (QED) is 0.161. The lowest BCUT2D eigenvalue weighted by molar-refractivity contribution is 0.590. The third-order valence-electron chi connectivity index (χ3n) is 13.0. The summed E-state index contributed by atoms with van der Waals surface area (Å²) in [6.45, 7) is 18.7. The Kier molecular flexibility index (Phi) is 8.44. The minimum atomic E-state index is 0.0229. The fraction of sp³-hybridized carbons (Fsp3) is 0.283. The van der Waals surface area contributed by atoms with E-state index in [2.05, 4.69) is 180 Å². The van der Waals surface area contributed by atoms with E-state index in [1.807, 2.05) is 11.3 Å². The predicted octanol–water partition coefficient (Wildman–Crippen LogP) is 12.9. The molecule has 0 amide bonds. The van der Waals surface area contributed by atoms with E-state index in [-0.39, 0.29) is 17.5 Å². The van der Waals surface area contributed by atoms with Crippen LogP contribution in [0.3, 0.4) is 0 Å². The van der Waals surface area contributed by atoms with Gasteiger partial charge in [0.2, 0.25) is 0 Å². The van der Waals surface area contributed by atoms with Gasteiger partial charge in [0.25, 0.3) is 6.71 Å². The number of anilines is 6. The first-order chi connectivity index (χ1) is 27.4. The van der Waals surface area contributed by atoms with E-state index in [9.17, 15) is 0 Å². The fourth-order valence-corrected chi connectivity index (χ4v) is 11.0. The lowest BCUT2D eigenvalue weighted by atomic mass is 9.36. The van der Waals surface area contributed by atoms with Crippen molar-refractivity contribution in [1.29, 1.82) is 0 Å². The largest absolute Gasteiger partial charge is 0.311 e. The van der Waals surface area contributed by atoms with E-state index in [1.165, 1.54) is 124 Å². The number of rotatable bonds is 5. The Morgan fingerprint density at radius 3 is 2.00 bits per heavy atom. The molecule has 4 heteroatoms. The highest BCUT2D eigenvalue weighted by atomic mass is 32.1. The Labute approximate surface area is 344 Å². The number of nitrogens with zero attached hydrogens (tertiary/aromatic N) is 2. The molecular formula is C53H53BN2S. The van der Waals surface area contributed by atoms with Gasteiger partial charge in [0.1, 0.15) is 0 Å². The zero-order valence-corrected chi connectivity index (χ0v) is 35.7. The maximum absolute atomic E-state index is 2.62. The smallest absolute Gasteiger partial charge is 0.264 e. The first-order valence-corrected chi connectivity index (χ1v) is 22.0. The van der Waals surface area contributed by atoms with Crippen LogP contribution in [0.4, 0.5) is 34.1 Å². The number of benzene rings is 6. The third-order valence-corrected chi connectivity index (χ3v) is 14.3. The summed E-state index contributed by atoms with van der Waals surface area (Å²) in [4.78, 5) is 5.22. The molecule has 0 saturated heterocycles. The minimum absolute atomic E-state index is 0.0229. The first kappa shape index (κ1) is 36.3. The van der Waals surface area contributed by atoms with Gasteiger partial charge in [0, 0.05) is 43.2 Å². The Morgan fingerprint density at radius 1 is 0.596 bits per heavy atom. The van der Waals surface area contributed by atoms with Gasteiger partial charge in [-0.2, -0.15) is 0 Å². The van der Waals surface area contributed by atoms with Crippen molar-refractivity contribution in [3.63, 3.8) is 0 Å². The maximum Gasteiger partial charge on any atom is 0.264 e. The van der Waals surface area contributed by atoms with Crippen molar-refractivity contribution in [1.82, 2.24) is 0 Å². The average molecular weight is 761 g/mol. The topological polar surface area (TPSA) is 6.48 Å². The monoisotopic (exact) mass is 760 g/mol. The molecule has 0 unspecified atom stereocenters. The van der Waals surface area contributed by atoms with Crippen molar-refractivity contribution in [3.05, 3.63) is 149 Å². The summed E-state index contributed by atoms with van der Waals surface area (Å²) in [6.07, 6.45) is 5.63. The summed E-state index contributed by atoms with van der Waals surface area (Å²) in [5.74, 6) is 0. The average Bonchev–Trinajstić information content (AvgIpc) is 3.84. The van der Waals surface area contributed by atoms with Gasteiger partial charge in [-0.25, -0.2) is 0 Å². The third kappa shape index (κ3) is 5.81. The molecule has 3 heterocycles. The second kappa shape index (κ2) is 13.2. The second-order valence-electron chi connectivity index (χ2n) is 18.7. The van der Waals surface area contributed by atoms with Crippen molar-refractivity contribution in [3.8, 4) is 11.1 Å². The van der Waals surface area contributed by atoms with Gasteiger partial charge in [-0.1, -0.05) is 116 Å². The van der Waals surface area contributed by atoms with E-state index in [1.54, 1.807) is 0 Å². The van der Waals surface area contributed by atoms with Crippen LogP contribution in [0.5, 0.6) is 0 Å². The molecule has 1 aromatic heterocycles. The van der Waals surface area contributed by atoms with E-state index >= 15 is 0 Å². The number of hydrogen-bond donors (Lipinski definition) is 0. The zero-order valence-electron chi connectivity index (χ0n) is 34.9. The standard InChI is InChI=1S/C53H53BN2S/c1-9-33-17-24-40(25-18-33)55-46-15-12-16-47-49(46)54(51-50(55)42-32-39(53(6,7)8)23-28-48(42)57-51)43-29-34(10-2)19-26-45(43)56(47)44-27-22-38(52(3,4)5)31-41(44)37-21-20-35-13-11-14-36(35)30-37/h12,15-32H,9-11,13-14H2,1-8H3. The van der Waals surface area contributed by atoms with Gasteiger partial charge >= 0.3 is 0 Å². The van der Waals surface area contributed by atoms with E-state index < -0.39 is 0 Å². The van der Waals surface area contributed by atoms with Crippen molar-refractivity contribution in [2.75, 3.05) is 9.80 Å². The Balaban J connectivity index is 1.28. The highest BCUT2D eigenvalue weighted by molar-refractivity contribution is 7.33. The lowest BCUT2D eigenvalue weighted by Gasteiger charge is -2.43. The van der Waals surface area contributed by atoms with Crippen LogP contribution in [0.25, 0.3) is 21.2 Å². The van der Waals surface area contributed by atoms with Gasteiger partial charge in [-0.3, -0.25) is 0 Å². The van der Waals surface area contributed by atoms with Gasteiger partial charge in [-0.05, 0) is 147 Å². The van der Waals surface area contributed by atoms with Gasteiger partial charge < -0.3 is 9.80 Å². The van der Waals surface area contributed by atoms with Gasteiger partial charge in [-0.15, -0.1) is 11.3 Å². The van der Waals surface area contributed by atoms with Crippen molar-refractivity contribution < 1.29 is 0 Å². The van der Waals surface area contributed by atoms with Crippen LogP contribution in [0, 0.1) is 0 Å². The number of aryl methyl sites for hydroxylation is 4. The molecule has 0 N–H and O–H groups in total. The molecule has 7 aromatic rings. The van der Waals surface area contributed by atoms with Gasteiger partial charge in [0.15, 0.2) is 0 Å². The molecule has 0 atom stereocenters. The Hall–Kier alpha value is -5.06. The van der Waals surface area contributed by atoms with Crippen molar-refractivity contribution in [2.24, 2.45) is 0 Å². The molecule has 10 rings (SSSR count). The minimum Gasteiger partial charge on any atom is -0.311 e. The molecule has 2 aliphatic heterocycles. The lowest BCUT2D eigenvalue weighted by Crippen LogP contribution is -2.60. The van der Waals surface area contributed by atoms with Gasteiger partial charge in [0.05, 0.1) is 11.4 Å². The molecule has 0 radical (unpaired) electrons. The van der Waals surface area contributed by atoms with Crippen LogP contribution in [-0.2, 0) is 36.5 Å². The molecule has 2 nitrogen and oxygen atoms in total. The summed E-state index contributed by atoms with van der Waals surface area (Å²) in [5.41, 5.74) is 21.6. The Bertz CT molecular complexity index is 2720. The highest BCUT2D eigenvalue weighted by Gasteiger charge is 2.45. The molecule has 0 bridgehead atoms. The fourth-order valence-electron chi connectivity index (χ4n) is 9.74. The summed E-state index contributed by atoms with van der Waals surface area (Å²) < 4.78 is 2.79. The molecule has 6 aromatic carbocycles. The number of hydrogen-bond acceptors (Lipinski definition) is 3. The molecule has 3 aliphatic rings. The SMILES string of the molecule is CCc1ccc(N2c3cccc4c3B(c3cc(CC)ccc3N4c3ccc(C(C)(C)C)cc3-c3ccc4c(c3)CCC4)c3sc4ccc(C(C)(C)C)cc4c32)cc1. The van der Waals surface area contributed by atoms with E-state index in [0.717, 1.165) is 12.8 Å².